The molecule has 0 saturated heterocycles. The Balaban J connectivity index is 1.75. The molecule has 0 aliphatic carbocycles. The number of rotatable bonds is 3. The van der Waals surface area contributed by atoms with Crippen molar-refractivity contribution in [2.75, 3.05) is 19.0 Å². The van der Waals surface area contributed by atoms with E-state index in [2.05, 4.69) is 5.32 Å². The number of hydrogen-bond donors (Lipinski definition) is 1. The first-order valence-corrected chi connectivity index (χ1v) is 6.90. The molecule has 1 aromatic heterocycles. The minimum Gasteiger partial charge on any atom is -0.482 e. The van der Waals surface area contributed by atoms with Gasteiger partial charge in [0.25, 0.3) is 11.8 Å². The van der Waals surface area contributed by atoms with Gasteiger partial charge in [0.15, 0.2) is 6.61 Å². The maximum Gasteiger partial charge on any atom is 0.262 e. The number of aryl methyl sites for hydroxylation is 1. The van der Waals surface area contributed by atoms with Gasteiger partial charge in [0.2, 0.25) is 0 Å². The lowest BCUT2D eigenvalue weighted by Crippen LogP contribution is -2.28. The molecule has 2 heterocycles. The molecule has 0 saturated carbocycles. The smallest absolute Gasteiger partial charge is 0.262 e. The van der Waals surface area contributed by atoms with Crippen molar-refractivity contribution in [1.29, 1.82) is 0 Å². The van der Waals surface area contributed by atoms with Gasteiger partial charge in [0.1, 0.15) is 17.3 Å². The highest BCUT2D eigenvalue weighted by Gasteiger charge is 2.19. The number of furan rings is 1. The predicted octanol–water partition coefficient (Wildman–Crippen LogP) is 2.19. The zero-order valence-electron chi connectivity index (χ0n) is 12.4. The van der Waals surface area contributed by atoms with E-state index in [4.69, 9.17) is 9.15 Å². The van der Waals surface area contributed by atoms with Gasteiger partial charge in [-0.2, -0.15) is 0 Å². The highest BCUT2D eigenvalue weighted by Crippen LogP contribution is 2.29. The monoisotopic (exact) mass is 300 g/mol. The SMILES string of the molecule is Cc1ccc(CN(C)C(=O)c2ccc3c(c2)OCC(=O)N3)o1. The van der Waals surface area contributed by atoms with E-state index in [9.17, 15) is 9.59 Å². The van der Waals surface area contributed by atoms with Gasteiger partial charge >= 0.3 is 0 Å². The number of nitrogens with zero attached hydrogens (tertiary/aromatic N) is 1. The van der Waals surface area contributed by atoms with Gasteiger partial charge in [0.05, 0.1) is 12.2 Å². The fourth-order valence-corrected chi connectivity index (χ4v) is 2.30. The summed E-state index contributed by atoms with van der Waals surface area (Å²) >= 11 is 0. The number of nitrogens with one attached hydrogen (secondary N) is 1. The standard InChI is InChI=1S/C16H16N2O4/c1-10-3-5-12(22-10)8-18(2)16(20)11-4-6-13-14(7-11)21-9-15(19)17-13/h3-7H,8-9H2,1-2H3,(H,17,19). The topological polar surface area (TPSA) is 71.8 Å². The summed E-state index contributed by atoms with van der Waals surface area (Å²) in [5.41, 5.74) is 1.08. The molecule has 0 fully saturated rings. The molecule has 1 aromatic carbocycles. The van der Waals surface area contributed by atoms with Crippen molar-refractivity contribution in [3.8, 4) is 5.75 Å². The zero-order valence-corrected chi connectivity index (χ0v) is 12.4. The van der Waals surface area contributed by atoms with Crippen LogP contribution in [0.15, 0.2) is 34.7 Å². The van der Waals surface area contributed by atoms with E-state index >= 15 is 0 Å². The molecule has 2 aromatic rings. The minimum absolute atomic E-state index is 0.0356. The third kappa shape index (κ3) is 2.81. The predicted molar refractivity (Wildman–Crippen MR) is 79.8 cm³/mol. The van der Waals surface area contributed by atoms with Crippen LogP contribution in [0.3, 0.4) is 0 Å². The molecule has 6 nitrogen and oxygen atoms in total. The van der Waals surface area contributed by atoms with Crippen LogP contribution in [0, 0.1) is 6.92 Å². The van der Waals surface area contributed by atoms with Gasteiger partial charge in [-0.25, -0.2) is 0 Å². The summed E-state index contributed by atoms with van der Waals surface area (Å²) < 4.78 is 10.8. The second kappa shape index (κ2) is 5.55. The molecular weight excluding hydrogens is 284 g/mol. The Morgan fingerprint density at radius 3 is 2.86 bits per heavy atom. The Kier molecular flexibility index (Phi) is 3.58. The van der Waals surface area contributed by atoms with Crippen LogP contribution >= 0.6 is 0 Å². The zero-order chi connectivity index (χ0) is 15.7. The number of anilines is 1. The Morgan fingerprint density at radius 2 is 2.14 bits per heavy atom. The number of amides is 2. The van der Waals surface area contributed by atoms with Crippen molar-refractivity contribution in [2.24, 2.45) is 0 Å². The number of ether oxygens (including phenoxy) is 1. The molecule has 2 amide bonds. The van der Waals surface area contributed by atoms with Crippen LogP contribution < -0.4 is 10.1 Å². The van der Waals surface area contributed by atoms with Gasteiger partial charge in [-0.05, 0) is 37.3 Å². The van der Waals surface area contributed by atoms with E-state index in [-0.39, 0.29) is 18.4 Å². The van der Waals surface area contributed by atoms with Crippen molar-refractivity contribution < 1.29 is 18.7 Å². The van der Waals surface area contributed by atoms with Crippen molar-refractivity contribution >= 4 is 17.5 Å². The summed E-state index contributed by atoms with van der Waals surface area (Å²) in [4.78, 5) is 25.3. The minimum atomic E-state index is -0.197. The summed E-state index contributed by atoms with van der Waals surface area (Å²) in [7, 11) is 1.71. The van der Waals surface area contributed by atoms with E-state index in [0.29, 0.717) is 23.5 Å². The normalized spacial score (nSPS) is 13.1. The van der Waals surface area contributed by atoms with Crippen LogP contribution in [0.5, 0.6) is 5.75 Å². The first-order chi connectivity index (χ1) is 10.5. The summed E-state index contributed by atoms with van der Waals surface area (Å²) in [5, 5.41) is 2.69. The molecule has 0 bridgehead atoms. The number of carbonyl (C=O) groups excluding carboxylic acids is 2. The van der Waals surface area contributed by atoms with Crippen LogP contribution in [-0.2, 0) is 11.3 Å². The highest BCUT2D eigenvalue weighted by molar-refractivity contribution is 5.98. The second-order valence-corrected chi connectivity index (χ2v) is 5.22. The summed E-state index contributed by atoms with van der Waals surface area (Å²) in [6, 6.07) is 8.69. The van der Waals surface area contributed by atoms with E-state index in [1.807, 2.05) is 19.1 Å². The average molecular weight is 300 g/mol. The molecule has 0 spiro atoms. The first-order valence-electron chi connectivity index (χ1n) is 6.90. The number of fused-ring (bicyclic) bond motifs is 1. The van der Waals surface area contributed by atoms with E-state index < -0.39 is 0 Å². The second-order valence-electron chi connectivity index (χ2n) is 5.22. The lowest BCUT2D eigenvalue weighted by Gasteiger charge is -2.20. The molecule has 0 atom stereocenters. The molecular formula is C16H16N2O4. The molecule has 1 aliphatic rings. The molecule has 22 heavy (non-hydrogen) atoms. The fourth-order valence-electron chi connectivity index (χ4n) is 2.30. The third-order valence-corrected chi connectivity index (χ3v) is 3.40. The van der Waals surface area contributed by atoms with Gasteiger partial charge in [0, 0.05) is 12.6 Å². The maximum atomic E-state index is 12.4. The lowest BCUT2D eigenvalue weighted by molar-refractivity contribution is -0.118. The summed E-state index contributed by atoms with van der Waals surface area (Å²) in [5.74, 6) is 1.71. The summed E-state index contributed by atoms with van der Waals surface area (Å²) in [6.07, 6.45) is 0. The number of hydrogen-bond acceptors (Lipinski definition) is 4. The Labute approximate surface area is 127 Å². The molecule has 1 aliphatic heterocycles. The van der Waals surface area contributed by atoms with E-state index in [1.165, 1.54) is 0 Å². The Bertz CT molecular complexity index is 735. The fraction of sp³-hybridized carbons (Fsp3) is 0.250. The third-order valence-electron chi connectivity index (χ3n) is 3.40. The van der Waals surface area contributed by atoms with Crippen LogP contribution in [0.4, 0.5) is 5.69 Å². The van der Waals surface area contributed by atoms with Crippen LogP contribution in [0.2, 0.25) is 0 Å². The first kappa shape index (κ1) is 14.2. The van der Waals surface area contributed by atoms with E-state index in [1.54, 1.807) is 30.1 Å². The van der Waals surface area contributed by atoms with Gasteiger partial charge < -0.3 is 19.4 Å². The lowest BCUT2D eigenvalue weighted by atomic mass is 10.1. The van der Waals surface area contributed by atoms with Crippen molar-refractivity contribution in [3.63, 3.8) is 0 Å². The highest BCUT2D eigenvalue weighted by atomic mass is 16.5. The Morgan fingerprint density at radius 1 is 1.32 bits per heavy atom. The molecule has 6 heteroatoms. The quantitative estimate of drug-likeness (QED) is 0.943. The molecule has 0 radical (unpaired) electrons. The largest absolute Gasteiger partial charge is 0.482 e. The Hall–Kier alpha value is -2.76. The molecule has 3 rings (SSSR count). The number of carbonyl (C=O) groups is 2. The maximum absolute atomic E-state index is 12.4. The van der Waals surface area contributed by atoms with Gasteiger partial charge in [-0.1, -0.05) is 0 Å². The average Bonchev–Trinajstić information content (AvgIpc) is 2.91. The van der Waals surface area contributed by atoms with E-state index in [0.717, 1.165) is 11.5 Å². The summed E-state index contributed by atoms with van der Waals surface area (Å²) in [6.45, 7) is 2.22. The van der Waals surface area contributed by atoms with Crippen LogP contribution in [0.1, 0.15) is 21.9 Å². The van der Waals surface area contributed by atoms with Gasteiger partial charge in [-0.3, -0.25) is 9.59 Å². The molecule has 114 valence electrons. The van der Waals surface area contributed by atoms with Gasteiger partial charge in [-0.15, -0.1) is 0 Å². The van der Waals surface area contributed by atoms with Crippen molar-refractivity contribution in [3.05, 3.63) is 47.4 Å². The number of benzene rings is 1. The van der Waals surface area contributed by atoms with Crippen molar-refractivity contribution in [1.82, 2.24) is 4.90 Å². The van der Waals surface area contributed by atoms with Crippen molar-refractivity contribution in [2.45, 2.75) is 13.5 Å². The van der Waals surface area contributed by atoms with Crippen LogP contribution in [-0.4, -0.2) is 30.4 Å². The molecule has 0 unspecified atom stereocenters. The molecule has 1 N–H and O–H groups in total. The van der Waals surface area contributed by atoms with Crippen LogP contribution in [0.25, 0.3) is 0 Å².